The van der Waals surface area contributed by atoms with Gasteiger partial charge >= 0.3 is 5.97 Å². The summed E-state index contributed by atoms with van der Waals surface area (Å²) in [4.78, 5) is 16.0. The maximum atomic E-state index is 12.0. The standard InChI is InChI=1S/C14H14ClNO3/c1-18-7-4-8-19-14(17)12-9-16-13(15)11-6-3-2-5-10(11)12/h2-3,5-6,9H,4,7-8H2,1H3. The number of carbonyl (C=O) groups excluding carboxylic acids is 1. The second-order valence-corrected chi connectivity index (χ2v) is 4.35. The minimum absolute atomic E-state index is 0.323. The van der Waals surface area contributed by atoms with Crippen LogP contribution < -0.4 is 0 Å². The Morgan fingerprint density at radius 1 is 1.26 bits per heavy atom. The van der Waals surface area contributed by atoms with Crippen LogP contribution in [0.1, 0.15) is 16.8 Å². The summed E-state index contributed by atoms with van der Waals surface area (Å²) < 4.78 is 10.1. The predicted octanol–water partition coefficient (Wildman–Crippen LogP) is 3.08. The number of pyridine rings is 1. The highest BCUT2D eigenvalue weighted by molar-refractivity contribution is 6.34. The van der Waals surface area contributed by atoms with Gasteiger partial charge in [-0.15, -0.1) is 0 Å². The fourth-order valence-corrected chi connectivity index (χ4v) is 1.98. The molecule has 0 atom stereocenters. The van der Waals surface area contributed by atoms with E-state index in [0.29, 0.717) is 30.4 Å². The minimum Gasteiger partial charge on any atom is -0.462 e. The largest absolute Gasteiger partial charge is 0.462 e. The SMILES string of the molecule is COCCCOC(=O)c1cnc(Cl)c2ccccc12. The van der Waals surface area contributed by atoms with E-state index in [4.69, 9.17) is 21.1 Å². The van der Waals surface area contributed by atoms with E-state index in [9.17, 15) is 4.79 Å². The quantitative estimate of drug-likeness (QED) is 0.479. The predicted molar refractivity (Wildman–Crippen MR) is 73.5 cm³/mol. The second kappa shape index (κ2) is 6.50. The molecular formula is C14H14ClNO3. The second-order valence-electron chi connectivity index (χ2n) is 3.99. The van der Waals surface area contributed by atoms with Crippen LogP contribution in [0.3, 0.4) is 0 Å². The summed E-state index contributed by atoms with van der Waals surface area (Å²) in [7, 11) is 1.61. The first kappa shape index (κ1) is 13.8. The molecule has 2 rings (SSSR count). The van der Waals surface area contributed by atoms with Crippen molar-refractivity contribution in [3.05, 3.63) is 41.2 Å². The van der Waals surface area contributed by atoms with Gasteiger partial charge in [-0.25, -0.2) is 9.78 Å². The molecule has 0 saturated carbocycles. The fraction of sp³-hybridized carbons (Fsp3) is 0.286. The van der Waals surface area contributed by atoms with Crippen molar-refractivity contribution >= 4 is 28.3 Å². The molecular weight excluding hydrogens is 266 g/mol. The number of halogens is 1. The molecule has 0 aliphatic rings. The van der Waals surface area contributed by atoms with Crippen molar-refractivity contribution in [1.82, 2.24) is 4.98 Å². The van der Waals surface area contributed by atoms with E-state index in [2.05, 4.69) is 4.98 Å². The van der Waals surface area contributed by atoms with E-state index < -0.39 is 5.97 Å². The Morgan fingerprint density at radius 2 is 2.00 bits per heavy atom. The number of carbonyl (C=O) groups is 1. The molecule has 0 unspecified atom stereocenters. The van der Waals surface area contributed by atoms with Crippen LogP contribution >= 0.6 is 11.6 Å². The van der Waals surface area contributed by atoms with Gasteiger partial charge in [0.15, 0.2) is 0 Å². The van der Waals surface area contributed by atoms with Gasteiger partial charge < -0.3 is 9.47 Å². The summed E-state index contributed by atoms with van der Waals surface area (Å²) in [6.45, 7) is 0.885. The van der Waals surface area contributed by atoms with E-state index in [1.54, 1.807) is 7.11 Å². The molecule has 2 aromatic rings. The average Bonchev–Trinajstić information content (AvgIpc) is 2.44. The number of hydrogen-bond acceptors (Lipinski definition) is 4. The lowest BCUT2D eigenvalue weighted by Crippen LogP contribution is -2.09. The molecule has 0 radical (unpaired) electrons. The third kappa shape index (κ3) is 3.22. The van der Waals surface area contributed by atoms with E-state index in [0.717, 1.165) is 10.8 Å². The lowest BCUT2D eigenvalue weighted by Gasteiger charge is -2.07. The Kier molecular flexibility index (Phi) is 4.71. The van der Waals surface area contributed by atoms with Gasteiger partial charge in [0.25, 0.3) is 0 Å². The summed E-state index contributed by atoms with van der Waals surface area (Å²) >= 11 is 6.00. The highest BCUT2D eigenvalue weighted by Crippen LogP contribution is 2.24. The molecule has 19 heavy (non-hydrogen) atoms. The summed E-state index contributed by atoms with van der Waals surface area (Å²) in [5, 5.41) is 1.88. The van der Waals surface area contributed by atoms with Gasteiger partial charge in [0.05, 0.1) is 12.2 Å². The lowest BCUT2D eigenvalue weighted by molar-refractivity contribution is 0.0470. The van der Waals surface area contributed by atoms with E-state index >= 15 is 0 Å². The number of methoxy groups -OCH3 is 1. The summed E-state index contributed by atoms with van der Waals surface area (Å²) in [5.74, 6) is -0.392. The van der Waals surface area contributed by atoms with E-state index in [-0.39, 0.29) is 0 Å². The number of fused-ring (bicyclic) bond motifs is 1. The third-order valence-corrected chi connectivity index (χ3v) is 2.99. The van der Waals surface area contributed by atoms with Gasteiger partial charge in [-0.05, 0) is 0 Å². The number of rotatable bonds is 5. The Morgan fingerprint density at radius 3 is 2.74 bits per heavy atom. The van der Waals surface area contributed by atoms with Crippen molar-refractivity contribution < 1.29 is 14.3 Å². The van der Waals surface area contributed by atoms with Gasteiger partial charge in [0.1, 0.15) is 5.15 Å². The normalized spacial score (nSPS) is 10.6. The molecule has 0 amide bonds. The molecule has 1 aromatic heterocycles. The average molecular weight is 280 g/mol. The maximum absolute atomic E-state index is 12.0. The van der Waals surface area contributed by atoms with Crippen LogP contribution in [0.15, 0.2) is 30.5 Å². The molecule has 1 aromatic carbocycles. The first-order chi connectivity index (χ1) is 9.24. The van der Waals surface area contributed by atoms with Gasteiger partial charge in [0, 0.05) is 37.1 Å². The Labute approximate surface area is 116 Å². The molecule has 0 aliphatic heterocycles. The summed E-state index contributed by atoms with van der Waals surface area (Å²) in [5.41, 5.74) is 0.428. The Balaban J connectivity index is 2.20. The monoisotopic (exact) mass is 279 g/mol. The van der Waals surface area contributed by atoms with Gasteiger partial charge in [-0.1, -0.05) is 35.9 Å². The van der Waals surface area contributed by atoms with Crippen molar-refractivity contribution in [3.63, 3.8) is 0 Å². The summed E-state index contributed by atoms with van der Waals surface area (Å²) in [6, 6.07) is 7.35. The van der Waals surface area contributed by atoms with Crippen LogP contribution in [-0.4, -0.2) is 31.3 Å². The van der Waals surface area contributed by atoms with Gasteiger partial charge in [-0.2, -0.15) is 0 Å². The molecule has 100 valence electrons. The zero-order chi connectivity index (χ0) is 13.7. The first-order valence-corrected chi connectivity index (χ1v) is 6.31. The van der Waals surface area contributed by atoms with Crippen LogP contribution in [0.25, 0.3) is 10.8 Å². The van der Waals surface area contributed by atoms with E-state index in [1.165, 1.54) is 6.20 Å². The Bertz CT molecular complexity index is 586. The number of benzene rings is 1. The van der Waals surface area contributed by atoms with Gasteiger partial charge in [0.2, 0.25) is 0 Å². The zero-order valence-electron chi connectivity index (χ0n) is 10.6. The van der Waals surface area contributed by atoms with Crippen molar-refractivity contribution in [2.75, 3.05) is 20.3 Å². The fourth-order valence-electron chi connectivity index (χ4n) is 1.77. The van der Waals surface area contributed by atoms with Gasteiger partial charge in [-0.3, -0.25) is 0 Å². The maximum Gasteiger partial charge on any atom is 0.340 e. The van der Waals surface area contributed by atoms with Crippen LogP contribution in [0, 0.1) is 0 Å². The molecule has 0 fully saturated rings. The van der Waals surface area contributed by atoms with Crippen LogP contribution in [0.5, 0.6) is 0 Å². The smallest absolute Gasteiger partial charge is 0.340 e. The van der Waals surface area contributed by atoms with Crippen LogP contribution in [0.2, 0.25) is 5.15 Å². The molecule has 0 spiro atoms. The molecule has 0 N–H and O–H groups in total. The zero-order valence-corrected chi connectivity index (χ0v) is 11.3. The molecule has 1 heterocycles. The van der Waals surface area contributed by atoms with Crippen molar-refractivity contribution in [2.24, 2.45) is 0 Å². The highest BCUT2D eigenvalue weighted by Gasteiger charge is 2.13. The van der Waals surface area contributed by atoms with Crippen molar-refractivity contribution in [3.8, 4) is 0 Å². The lowest BCUT2D eigenvalue weighted by atomic mass is 10.1. The number of esters is 1. The molecule has 0 bridgehead atoms. The number of nitrogens with zero attached hydrogens (tertiary/aromatic N) is 1. The molecule has 0 saturated heterocycles. The Hall–Kier alpha value is -1.65. The number of aromatic nitrogens is 1. The van der Waals surface area contributed by atoms with Crippen LogP contribution in [-0.2, 0) is 9.47 Å². The van der Waals surface area contributed by atoms with E-state index in [1.807, 2.05) is 24.3 Å². The number of ether oxygens (including phenoxy) is 2. The highest BCUT2D eigenvalue weighted by atomic mass is 35.5. The molecule has 0 aliphatic carbocycles. The number of hydrogen-bond donors (Lipinski definition) is 0. The first-order valence-electron chi connectivity index (χ1n) is 5.93. The molecule has 4 nitrogen and oxygen atoms in total. The third-order valence-electron chi connectivity index (χ3n) is 2.69. The van der Waals surface area contributed by atoms with Crippen molar-refractivity contribution in [1.29, 1.82) is 0 Å². The summed E-state index contributed by atoms with van der Waals surface area (Å²) in [6.07, 6.45) is 2.12. The minimum atomic E-state index is -0.392. The molecule has 5 heteroatoms. The van der Waals surface area contributed by atoms with Crippen molar-refractivity contribution in [2.45, 2.75) is 6.42 Å². The van der Waals surface area contributed by atoms with Crippen LogP contribution in [0.4, 0.5) is 0 Å². The topological polar surface area (TPSA) is 48.4 Å².